The van der Waals surface area contributed by atoms with Crippen molar-refractivity contribution in [1.29, 1.82) is 0 Å². The molecule has 0 aromatic heterocycles. The molecular weight excluding hydrogens is 358 g/mol. The minimum atomic E-state index is -1.63. The molecule has 1 rings (SSSR count). The summed E-state index contributed by atoms with van der Waals surface area (Å²) in [7, 11) is -1.63. The zero-order valence-electron chi connectivity index (χ0n) is 19.2. The van der Waals surface area contributed by atoms with Gasteiger partial charge >= 0.3 is 0 Å². The second-order valence-electron chi connectivity index (χ2n) is 8.72. The van der Waals surface area contributed by atoms with E-state index in [4.69, 9.17) is 4.84 Å². The molecule has 0 heterocycles. The Kier molecular flexibility index (Phi) is 11.2. The highest BCUT2D eigenvalue weighted by molar-refractivity contribution is 6.90. The number of hydrogen-bond donors (Lipinski definition) is 0. The van der Waals surface area contributed by atoms with Gasteiger partial charge in [0.2, 0.25) is 0 Å². The predicted molar refractivity (Wildman–Crippen MR) is 126 cm³/mol. The van der Waals surface area contributed by atoms with Gasteiger partial charge in [-0.15, -0.1) is 11.5 Å². The van der Waals surface area contributed by atoms with Crippen molar-refractivity contribution in [1.82, 2.24) is 0 Å². The van der Waals surface area contributed by atoms with Crippen LogP contribution in [0.5, 0.6) is 0 Å². The first-order chi connectivity index (χ1) is 13.3. The van der Waals surface area contributed by atoms with Crippen LogP contribution in [0.4, 0.5) is 0 Å². The van der Waals surface area contributed by atoms with Crippen molar-refractivity contribution in [3.63, 3.8) is 0 Å². The lowest BCUT2D eigenvalue weighted by molar-refractivity contribution is 0.129. The minimum absolute atomic E-state index is 0.534. The molecule has 0 aliphatic rings. The molecule has 0 amide bonds. The summed E-state index contributed by atoms with van der Waals surface area (Å²) >= 11 is 0. The molecule has 0 spiro atoms. The van der Waals surface area contributed by atoms with E-state index in [1.54, 1.807) is 0 Å². The van der Waals surface area contributed by atoms with Crippen LogP contribution in [0.3, 0.4) is 0 Å². The largest absolute Gasteiger partial charge is 0.391 e. The van der Waals surface area contributed by atoms with Crippen LogP contribution in [0, 0.1) is 11.5 Å². The van der Waals surface area contributed by atoms with Crippen molar-refractivity contribution in [2.24, 2.45) is 5.16 Å². The number of hydrogen-bond acceptors (Lipinski definition) is 2. The summed E-state index contributed by atoms with van der Waals surface area (Å²) in [5.74, 6) is 3.56. The van der Waals surface area contributed by atoms with Gasteiger partial charge < -0.3 is 4.84 Å². The molecular formula is C25H41NOSi. The van der Waals surface area contributed by atoms with Crippen LogP contribution in [0.15, 0.2) is 35.5 Å². The molecule has 0 unspecified atom stereocenters. The maximum Gasteiger partial charge on any atom is 0.145 e. The lowest BCUT2D eigenvalue weighted by Crippen LogP contribution is -2.43. The highest BCUT2D eigenvalue weighted by atomic mass is 28.3. The van der Waals surface area contributed by atoms with E-state index in [-0.39, 0.29) is 0 Å². The lowest BCUT2D eigenvalue weighted by atomic mass is 10.1. The van der Waals surface area contributed by atoms with E-state index in [0.717, 1.165) is 37.0 Å². The van der Waals surface area contributed by atoms with Crippen molar-refractivity contribution in [3.05, 3.63) is 35.9 Å². The van der Waals surface area contributed by atoms with E-state index in [1.165, 1.54) is 6.42 Å². The predicted octanol–water partition coefficient (Wildman–Crippen LogP) is 7.75. The lowest BCUT2D eigenvalue weighted by Gasteiger charge is -2.38. The average molecular weight is 400 g/mol. The number of oxime groups is 1. The van der Waals surface area contributed by atoms with Gasteiger partial charge in [-0.05, 0) is 41.4 Å². The van der Waals surface area contributed by atoms with Crippen molar-refractivity contribution < 1.29 is 4.84 Å². The first kappa shape index (κ1) is 24.5. The fraction of sp³-hybridized carbons (Fsp3) is 0.640. The van der Waals surface area contributed by atoms with Gasteiger partial charge in [-0.2, -0.15) is 0 Å². The molecule has 0 N–H and O–H groups in total. The molecule has 0 fully saturated rings. The molecule has 0 aliphatic heterocycles. The SMILES string of the molecule is CCCC/C(CCC#C[Si](C(C)C)(C(C)C)C(C)C)=N\OCc1ccccc1. The van der Waals surface area contributed by atoms with E-state index < -0.39 is 8.07 Å². The molecule has 0 bridgehead atoms. The summed E-state index contributed by atoms with van der Waals surface area (Å²) in [4.78, 5) is 5.64. The van der Waals surface area contributed by atoms with Crippen LogP contribution in [0.25, 0.3) is 0 Å². The number of nitrogens with zero attached hydrogens (tertiary/aromatic N) is 1. The smallest absolute Gasteiger partial charge is 0.145 e. The second-order valence-corrected chi connectivity index (χ2v) is 14.3. The highest BCUT2D eigenvalue weighted by Gasteiger charge is 2.41. The van der Waals surface area contributed by atoms with Crippen molar-refractivity contribution >= 4 is 13.8 Å². The fourth-order valence-electron chi connectivity index (χ4n) is 4.22. The Balaban J connectivity index is 2.75. The summed E-state index contributed by atoms with van der Waals surface area (Å²) in [6.07, 6.45) is 5.14. The molecule has 2 nitrogen and oxygen atoms in total. The molecule has 0 saturated carbocycles. The molecule has 0 radical (unpaired) electrons. The molecule has 3 heteroatoms. The third-order valence-corrected chi connectivity index (χ3v) is 12.1. The standard InChI is InChI=1S/C25H41NOSi/c1-8-9-17-25(26-27-20-24-15-11-10-12-16-24)18-13-14-19-28(21(2)3,22(4)5)23(6)7/h10-12,15-16,21-23H,8-9,13,17-18,20H2,1-7H3/b26-25+. The zero-order valence-corrected chi connectivity index (χ0v) is 20.2. The summed E-state index contributed by atoms with van der Waals surface area (Å²) in [5, 5.41) is 4.46. The topological polar surface area (TPSA) is 21.6 Å². The van der Waals surface area contributed by atoms with Gasteiger partial charge in [0, 0.05) is 6.42 Å². The first-order valence-corrected chi connectivity index (χ1v) is 13.3. The van der Waals surface area contributed by atoms with Crippen LogP contribution in [-0.2, 0) is 11.4 Å². The first-order valence-electron chi connectivity index (χ1n) is 11.1. The Hall–Kier alpha value is -1.53. The van der Waals surface area contributed by atoms with Crippen LogP contribution in [0.1, 0.15) is 86.1 Å². The quantitative estimate of drug-likeness (QED) is 0.161. The normalized spacial score (nSPS) is 12.4. The van der Waals surface area contributed by atoms with Crippen LogP contribution < -0.4 is 0 Å². The Morgan fingerprint density at radius 3 is 2.11 bits per heavy atom. The van der Waals surface area contributed by atoms with Crippen molar-refractivity contribution in [2.75, 3.05) is 0 Å². The van der Waals surface area contributed by atoms with E-state index in [9.17, 15) is 0 Å². The van der Waals surface area contributed by atoms with E-state index in [1.807, 2.05) is 18.2 Å². The number of unbranched alkanes of at least 4 members (excludes halogenated alkanes) is 1. The highest BCUT2D eigenvalue weighted by Crippen LogP contribution is 2.40. The van der Waals surface area contributed by atoms with Crippen molar-refractivity contribution in [2.45, 2.75) is 104 Å². The van der Waals surface area contributed by atoms with Gasteiger partial charge in [-0.3, -0.25) is 0 Å². The molecule has 0 saturated heterocycles. The van der Waals surface area contributed by atoms with E-state index in [0.29, 0.717) is 23.2 Å². The summed E-state index contributed by atoms with van der Waals surface area (Å²) in [5.41, 5.74) is 8.17. The van der Waals surface area contributed by atoms with Crippen molar-refractivity contribution in [3.8, 4) is 11.5 Å². The Morgan fingerprint density at radius 1 is 0.964 bits per heavy atom. The maximum atomic E-state index is 5.64. The average Bonchev–Trinajstić information content (AvgIpc) is 2.65. The Labute approximate surface area is 175 Å². The Bertz CT molecular complexity index is 616. The molecule has 0 aliphatic carbocycles. The summed E-state index contributed by atoms with van der Waals surface area (Å²) in [6.45, 7) is 17.0. The minimum Gasteiger partial charge on any atom is -0.391 e. The van der Waals surface area contributed by atoms with Gasteiger partial charge in [0.25, 0.3) is 0 Å². The van der Waals surface area contributed by atoms with E-state index in [2.05, 4.69) is 77.2 Å². The number of benzene rings is 1. The van der Waals surface area contributed by atoms with Crippen LogP contribution in [0.2, 0.25) is 16.6 Å². The molecule has 0 atom stereocenters. The van der Waals surface area contributed by atoms with Crippen LogP contribution >= 0.6 is 0 Å². The van der Waals surface area contributed by atoms with Gasteiger partial charge in [-0.1, -0.05) is 90.4 Å². The molecule has 28 heavy (non-hydrogen) atoms. The number of rotatable bonds is 11. The van der Waals surface area contributed by atoms with E-state index >= 15 is 0 Å². The molecule has 1 aromatic carbocycles. The van der Waals surface area contributed by atoms with Gasteiger partial charge in [0.05, 0.1) is 5.71 Å². The molecule has 156 valence electrons. The van der Waals surface area contributed by atoms with Gasteiger partial charge in [0.1, 0.15) is 14.7 Å². The van der Waals surface area contributed by atoms with Crippen LogP contribution in [-0.4, -0.2) is 13.8 Å². The maximum absolute atomic E-state index is 5.64. The third kappa shape index (κ3) is 7.47. The molecule has 1 aromatic rings. The summed E-state index contributed by atoms with van der Waals surface area (Å²) < 4.78 is 0. The van der Waals surface area contributed by atoms with Gasteiger partial charge in [-0.25, -0.2) is 0 Å². The second kappa shape index (κ2) is 12.8. The third-order valence-electron chi connectivity index (χ3n) is 5.80. The Morgan fingerprint density at radius 2 is 1.57 bits per heavy atom. The zero-order chi connectivity index (χ0) is 21.0. The van der Waals surface area contributed by atoms with Gasteiger partial charge in [0.15, 0.2) is 0 Å². The monoisotopic (exact) mass is 399 g/mol. The fourth-order valence-corrected chi connectivity index (χ4v) is 9.52. The summed E-state index contributed by atoms with van der Waals surface area (Å²) in [6, 6.07) is 10.2.